The molecule has 0 atom stereocenters. The average Bonchev–Trinajstić information content (AvgIpc) is 2.95. The Labute approximate surface area is 152 Å². The molecule has 4 rings (SSSR count). The summed E-state index contributed by atoms with van der Waals surface area (Å²) in [6, 6.07) is 9.31. The molecule has 0 bridgehead atoms. The van der Waals surface area contributed by atoms with Gasteiger partial charge in [-0.1, -0.05) is 29.8 Å². The number of hydrogen-bond acceptors (Lipinski definition) is 5. The van der Waals surface area contributed by atoms with E-state index in [2.05, 4.69) is 15.1 Å². The van der Waals surface area contributed by atoms with Crippen LogP contribution in [0.25, 0.3) is 20.4 Å². The lowest BCUT2D eigenvalue weighted by atomic mass is 10.1. The molecule has 124 valence electrons. The van der Waals surface area contributed by atoms with E-state index in [1.807, 2.05) is 38.1 Å². The van der Waals surface area contributed by atoms with E-state index in [-0.39, 0.29) is 5.56 Å². The minimum atomic E-state index is -0.214. The molecule has 4 aromatic rings. The lowest BCUT2D eigenvalue weighted by Crippen LogP contribution is -2.15. The molecule has 0 aliphatic heterocycles. The second-order valence-electron chi connectivity index (χ2n) is 5.70. The van der Waals surface area contributed by atoms with Crippen molar-refractivity contribution in [3.8, 4) is 0 Å². The molecule has 7 heteroatoms. The van der Waals surface area contributed by atoms with Crippen LogP contribution in [0.15, 0.2) is 46.6 Å². The molecular weight excluding hydrogens is 356 g/mol. The fourth-order valence-electron chi connectivity index (χ4n) is 2.75. The van der Waals surface area contributed by atoms with Crippen molar-refractivity contribution >= 4 is 49.6 Å². The van der Waals surface area contributed by atoms with Crippen LogP contribution in [0.2, 0.25) is 5.02 Å². The number of halogens is 1. The zero-order valence-corrected chi connectivity index (χ0v) is 15.1. The van der Waals surface area contributed by atoms with Gasteiger partial charge in [0.2, 0.25) is 0 Å². The molecule has 25 heavy (non-hydrogen) atoms. The van der Waals surface area contributed by atoms with Gasteiger partial charge in [0, 0.05) is 21.7 Å². The van der Waals surface area contributed by atoms with Crippen LogP contribution in [0.3, 0.4) is 0 Å². The van der Waals surface area contributed by atoms with E-state index in [1.54, 1.807) is 12.3 Å². The summed E-state index contributed by atoms with van der Waals surface area (Å²) in [6.07, 6.45) is 2.99. The molecule has 1 aromatic carbocycles. The van der Waals surface area contributed by atoms with E-state index in [9.17, 15) is 4.79 Å². The zero-order valence-electron chi connectivity index (χ0n) is 13.5. The molecule has 0 spiro atoms. The van der Waals surface area contributed by atoms with E-state index >= 15 is 0 Å². The highest BCUT2D eigenvalue weighted by Gasteiger charge is 2.14. The number of rotatable bonds is 2. The second kappa shape index (κ2) is 6.06. The summed E-state index contributed by atoms with van der Waals surface area (Å²) in [5, 5.41) is 5.73. The molecule has 0 fully saturated rings. The molecule has 3 heterocycles. The third-order valence-corrected chi connectivity index (χ3v) is 5.29. The fraction of sp³-hybridized carbons (Fsp3) is 0.111. The van der Waals surface area contributed by atoms with Gasteiger partial charge in [0.1, 0.15) is 15.9 Å². The van der Waals surface area contributed by atoms with Crippen LogP contribution in [0, 0.1) is 13.8 Å². The molecule has 0 N–H and O–H groups in total. The number of thiophene rings is 1. The van der Waals surface area contributed by atoms with Gasteiger partial charge in [-0.3, -0.25) is 4.79 Å². The highest BCUT2D eigenvalue weighted by atomic mass is 35.5. The van der Waals surface area contributed by atoms with Gasteiger partial charge in [0.15, 0.2) is 0 Å². The largest absolute Gasteiger partial charge is 0.291 e. The first-order valence-electron chi connectivity index (χ1n) is 7.61. The lowest BCUT2D eigenvalue weighted by molar-refractivity contribution is 0.819. The van der Waals surface area contributed by atoms with Gasteiger partial charge in [0.05, 0.1) is 11.7 Å². The summed E-state index contributed by atoms with van der Waals surface area (Å²) in [6.45, 7) is 3.95. The van der Waals surface area contributed by atoms with Crippen LogP contribution in [-0.2, 0) is 0 Å². The zero-order chi connectivity index (χ0) is 17.6. The highest BCUT2D eigenvalue weighted by Crippen LogP contribution is 2.31. The highest BCUT2D eigenvalue weighted by molar-refractivity contribution is 7.25. The third kappa shape index (κ3) is 2.73. The minimum Gasteiger partial charge on any atom is -0.266 e. The van der Waals surface area contributed by atoms with Gasteiger partial charge in [-0.2, -0.15) is 9.78 Å². The SMILES string of the molecule is Cc1cc(C)c2c(n1)sc1c(=O)n(/N=C\c3ccccc3Cl)cnc12. The number of hydrogen-bond donors (Lipinski definition) is 0. The number of pyridine rings is 1. The van der Waals surface area contributed by atoms with Crippen LogP contribution >= 0.6 is 22.9 Å². The average molecular weight is 369 g/mol. The minimum absolute atomic E-state index is 0.214. The molecule has 0 aliphatic carbocycles. The maximum absolute atomic E-state index is 12.8. The van der Waals surface area contributed by atoms with Gasteiger partial charge in [-0.05, 0) is 31.5 Å². The Morgan fingerprint density at radius 3 is 2.88 bits per heavy atom. The van der Waals surface area contributed by atoms with E-state index in [0.29, 0.717) is 15.2 Å². The monoisotopic (exact) mass is 368 g/mol. The summed E-state index contributed by atoms with van der Waals surface area (Å²) in [5.74, 6) is 0. The van der Waals surface area contributed by atoms with Crippen molar-refractivity contribution < 1.29 is 0 Å². The van der Waals surface area contributed by atoms with Crippen LogP contribution in [-0.4, -0.2) is 20.9 Å². The fourth-order valence-corrected chi connectivity index (χ4v) is 4.11. The predicted octanol–water partition coefficient (Wildman–Crippen LogP) is 4.16. The van der Waals surface area contributed by atoms with Gasteiger partial charge in [0.25, 0.3) is 5.56 Å². The molecular formula is C18H13ClN4OS. The summed E-state index contributed by atoms with van der Waals surface area (Å²) >= 11 is 7.46. The van der Waals surface area contributed by atoms with Gasteiger partial charge in [-0.25, -0.2) is 9.97 Å². The number of aryl methyl sites for hydroxylation is 2. The van der Waals surface area contributed by atoms with Crippen molar-refractivity contribution in [3.05, 3.63) is 68.9 Å². The number of benzene rings is 1. The topological polar surface area (TPSA) is 60.1 Å². The van der Waals surface area contributed by atoms with Crippen LogP contribution in [0.4, 0.5) is 0 Å². The number of nitrogens with zero attached hydrogens (tertiary/aromatic N) is 4. The molecule has 0 amide bonds. The van der Waals surface area contributed by atoms with Crippen molar-refractivity contribution in [2.45, 2.75) is 13.8 Å². The van der Waals surface area contributed by atoms with Crippen LogP contribution < -0.4 is 5.56 Å². The molecule has 0 unspecified atom stereocenters. The maximum atomic E-state index is 12.8. The summed E-state index contributed by atoms with van der Waals surface area (Å²) in [4.78, 5) is 22.5. The Hall–Kier alpha value is -2.57. The number of aromatic nitrogens is 3. The molecule has 0 radical (unpaired) electrons. The van der Waals surface area contributed by atoms with Crippen molar-refractivity contribution in [1.82, 2.24) is 14.6 Å². The van der Waals surface area contributed by atoms with Crippen molar-refractivity contribution in [1.29, 1.82) is 0 Å². The Bertz CT molecular complexity index is 1210. The molecule has 3 aromatic heterocycles. The first-order valence-corrected chi connectivity index (χ1v) is 8.81. The molecule has 5 nitrogen and oxygen atoms in total. The van der Waals surface area contributed by atoms with E-state index in [4.69, 9.17) is 11.6 Å². The molecule has 0 saturated carbocycles. The Morgan fingerprint density at radius 2 is 2.08 bits per heavy atom. The number of fused-ring (bicyclic) bond motifs is 3. The van der Waals surface area contributed by atoms with Crippen LogP contribution in [0.5, 0.6) is 0 Å². The second-order valence-corrected chi connectivity index (χ2v) is 7.11. The van der Waals surface area contributed by atoms with E-state index < -0.39 is 0 Å². The Kier molecular flexibility index (Phi) is 3.86. The van der Waals surface area contributed by atoms with Crippen molar-refractivity contribution in [2.75, 3.05) is 0 Å². The van der Waals surface area contributed by atoms with Gasteiger partial charge < -0.3 is 0 Å². The lowest BCUT2D eigenvalue weighted by Gasteiger charge is -2.00. The summed E-state index contributed by atoms with van der Waals surface area (Å²) < 4.78 is 1.78. The van der Waals surface area contributed by atoms with E-state index in [0.717, 1.165) is 27.0 Å². The molecule has 0 saturated heterocycles. The van der Waals surface area contributed by atoms with Crippen molar-refractivity contribution in [2.24, 2.45) is 5.10 Å². The summed E-state index contributed by atoms with van der Waals surface area (Å²) in [7, 11) is 0. The normalized spacial score (nSPS) is 11.8. The van der Waals surface area contributed by atoms with Gasteiger partial charge >= 0.3 is 0 Å². The first-order chi connectivity index (χ1) is 12.0. The summed E-state index contributed by atoms with van der Waals surface area (Å²) in [5.41, 5.74) is 3.19. The Morgan fingerprint density at radius 1 is 1.28 bits per heavy atom. The predicted molar refractivity (Wildman–Crippen MR) is 103 cm³/mol. The Balaban J connectivity index is 1.89. The van der Waals surface area contributed by atoms with Crippen LogP contribution in [0.1, 0.15) is 16.8 Å². The standard InChI is InChI=1S/C18H13ClN4OS/c1-10-7-11(2)22-17-14(10)15-16(25-17)18(24)23(9-20-15)21-8-12-5-3-4-6-13(12)19/h3-9H,1-2H3/b21-8-. The van der Waals surface area contributed by atoms with Crippen molar-refractivity contribution in [3.63, 3.8) is 0 Å². The first kappa shape index (κ1) is 15.9. The third-order valence-electron chi connectivity index (χ3n) is 3.89. The van der Waals surface area contributed by atoms with E-state index in [1.165, 1.54) is 22.3 Å². The smallest absolute Gasteiger partial charge is 0.266 e. The molecule has 0 aliphatic rings. The quantitative estimate of drug-likeness (QED) is 0.499. The van der Waals surface area contributed by atoms with Gasteiger partial charge in [-0.15, -0.1) is 11.3 Å². The maximum Gasteiger partial charge on any atom is 0.291 e.